The summed E-state index contributed by atoms with van der Waals surface area (Å²) >= 11 is 1.24. The van der Waals surface area contributed by atoms with Crippen LogP contribution in [0.1, 0.15) is 61.3 Å². The second-order valence-electron chi connectivity index (χ2n) is 6.82. The van der Waals surface area contributed by atoms with E-state index in [0.717, 1.165) is 34.8 Å². The fourth-order valence-electron chi connectivity index (χ4n) is 2.93. The van der Waals surface area contributed by atoms with Gasteiger partial charge in [0.05, 0.1) is 22.0 Å². The number of unbranched alkanes of at least 4 members (excludes halogenated alkanes) is 1. The quantitative estimate of drug-likeness (QED) is 0.568. The van der Waals surface area contributed by atoms with Crippen LogP contribution in [-0.4, -0.2) is 20.7 Å². The Labute approximate surface area is 164 Å². The number of benzene rings is 1. The number of hydrogen-bond donors (Lipinski definition) is 1. The predicted molar refractivity (Wildman–Crippen MR) is 104 cm³/mol. The van der Waals surface area contributed by atoms with E-state index in [-0.39, 0.29) is 5.13 Å². The summed E-state index contributed by atoms with van der Waals surface area (Å²) in [7, 11) is 0. The maximum atomic E-state index is 13.5. The van der Waals surface area contributed by atoms with E-state index < -0.39 is 29.4 Å². The fraction of sp³-hybridized carbons (Fsp3) is 0.421. The molecule has 150 valence electrons. The van der Waals surface area contributed by atoms with Gasteiger partial charge in [0.25, 0.3) is 5.91 Å². The molecule has 0 atom stereocenters. The van der Waals surface area contributed by atoms with Gasteiger partial charge in [-0.2, -0.15) is 18.3 Å². The van der Waals surface area contributed by atoms with Crippen LogP contribution in [0.5, 0.6) is 0 Å². The van der Waals surface area contributed by atoms with E-state index in [1.165, 1.54) is 16.9 Å². The van der Waals surface area contributed by atoms with Crippen molar-refractivity contribution in [3.05, 3.63) is 41.2 Å². The lowest BCUT2D eigenvalue weighted by atomic mass is 10.1. The molecular formula is C19H21F3N4OS. The first-order valence-electron chi connectivity index (χ1n) is 9.06. The molecule has 1 aromatic carbocycles. The lowest BCUT2D eigenvalue weighted by molar-refractivity contribution is -0.145. The number of rotatable bonds is 6. The molecule has 0 unspecified atom stereocenters. The average molecular weight is 410 g/mol. The number of carbonyl (C=O) groups excluding carboxylic acids is 1. The number of nitrogens with one attached hydrogen (secondary N) is 1. The van der Waals surface area contributed by atoms with Crippen molar-refractivity contribution in [3.63, 3.8) is 0 Å². The van der Waals surface area contributed by atoms with Gasteiger partial charge in [-0.15, -0.1) is 0 Å². The van der Waals surface area contributed by atoms with E-state index in [9.17, 15) is 18.0 Å². The molecule has 0 aliphatic rings. The molecule has 0 aliphatic carbocycles. The smallest absolute Gasteiger partial charge is 0.298 e. The van der Waals surface area contributed by atoms with Gasteiger partial charge in [-0.05, 0) is 44.4 Å². The van der Waals surface area contributed by atoms with Crippen LogP contribution >= 0.6 is 11.3 Å². The molecule has 3 rings (SSSR count). The van der Waals surface area contributed by atoms with Crippen molar-refractivity contribution in [3.8, 4) is 0 Å². The normalized spacial score (nSPS) is 12.1. The van der Waals surface area contributed by atoms with E-state index in [1.54, 1.807) is 13.8 Å². The first-order chi connectivity index (χ1) is 13.2. The van der Waals surface area contributed by atoms with Crippen molar-refractivity contribution in [1.29, 1.82) is 0 Å². The van der Waals surface area contributed by atoms with Crippen molar-refractivity contribution in [1.82, 2.24) is 14.8 Å². The molecule has 2 aromatic heterocycles. The Hall–Kier alpha value is -2.42. The Morgan fingerprint density at radius 2 is 2.07 bits per heavy atom. The highest BCUT2D eigenvalue weighted by molar-refractivity contribution is 7.22. The van der Waals surface area contributed by atoms with Crippen LogP contribution in [0, 0.1) is 0 Å². The molecule has 0 saturated carbocycles. The molecule has 0 bridgehead atoms. The summed E-state index contributed by atoms with van der Waals surface area (Å²) in [6, 6.07) is 5.33. The van der Waals surface area contributed by atoms with Crippen LogP contribution in [0.3, 0.4) is 0 Å². The Bertz CT molecular complexity index is 991. The molecule has 1 N–H and O–H groups in total. The summed E-state index contributed by atoms with van der Waals surface area (Å²) in [4.78, 5) is 16.8. The van der Waals surface area contributed by atoms with Crippen molar-refractivity contribution < 1.29 is 18.0 Å². The molecule has 9 heteroatoms. The number of anilines is 1. The van der Waals surface area contributed by atoms with E-state index in [0.29, 0.717) is 5.52 Å². The maximum Gasteiger partial charge on any atom is 0.433 e. The molecule has 5 nitrogen and oxygen atoms in total. The SMILES string of the molecule is CCCCc1ccc2nc(NC(=O)c3cnn(C(C)C)c3C(F)(F)F)sc2c1. The molecular weight excluding hydrogens is 389 g/mol. The highest BCUT2D eigenvalue weighted by Crippen LogP contribution is 2.34. The number of aromatic nitrogens is 3. The summed E-state index contributed by atoms with van der Waals surface area (Å²) in [6.07, 6.45) is -0.611. The van der Waals surface area contributed by atoms with E-state index >= 15 is 0 Å². The molecule has 28 heavy (non-hydrogen) atoms. The van der Waals surface area contributed by atoms with Gasteiger partial charge in [0.1, 0.15) is 0 Å². The molecule has 3 aromatic rings. The topological polar surface area (TPSA) is 59.8 Å². The lowest BCUT2D eigenvalue weighted by Gasteiger charge is -2.14. The van der Waals surface area contributed by atoms with E-state index in [2.05, 4.69) is 22.3 Å². The zero-order valence-corrected chi connectivity index (χ0v) is 16.6. The number of fused-ring (bicyclic) bond motifs is 1. The summed E-state index contributed by atoms with van der Waals surface area (Å²) in [5.74, 6) is -0.871. The second kappa shape index (κ2) is 7.90. The zero-order chi connectivity index (χ0) is 20.5. The minimum Gasteiger partial charge on any atom is -0.298 e. The van der Waals surface area contributed by atoms with Crippen LogP contribution in [-0.2, 0) is 12.6 Å². The number of halogens is 3. The third kappa shape index (κ3) is 4.19. The van der Waals surface area contributed by atoms with Gasteiger partial charge in [0.2, 0.25) is 0 Å². The van der Waals surface area contributed by atoms with Gasteiger partial charge in [0.15, 0.2) is 10.8 Å². The molecule has 0 radical (unpaired) electrons. The van der Waals surface area contributed by atoms with Gasteiger partial charge >= 0.3 is 6.18 Å². The number of hydrogen-bond acceptors (Lipinski definition) is 4. The first kappa shape index (κ1) is 20.3. The molecule has 0 aliphatic heterocycles. The van der Waals surface area contributed by atoms with Gasteiger partial charge < -0.3 is 0 Å². The molecule has 0 spiro atoms. The Kier molecular flexibility index (Phi) is 5.74. The molecule has 2 heterocycles. The number of amides is 1. The minimum atomic E-state index is -4.69. The van der Waals surface area contributed by atoms with E-state index in [4.69, 9.17) is 0 Å². The standard InChI is InChI=1S/C19H21F3N4OS/c1-4-5-6-12-7-8-14-15(9-12)28-18(24-14)25-17(27)13-10-23-26(11(2)3)16(13)19(20,21)22/h7-11H,4-6H2,1-3H3,(H,24,25,27). The van der Waals surface area contributed by atoms with Crippen molar-refractivity contribution in [2.24, 2.45) is 0 Å². The van der Waals surface area contributed by atoms with Gasteiger partial charge in [0, 0.05) is 6.04 Å². The lowest BCUT2D eigenvalue weighted by Crippen LogP contribution is -2.22. The summed E-state index contributed by atoms with van der Waals surface area (Å²) < 4.78 is 42.1. The highest BCUT2D eigenvalue weighted by Gasteiger charge is 2.40. The predicted octanol–water partition coefficient (Wildman–Crippen LogP) is 5.69. The minimum absolute atomic E-state index is 0.262. The average Bonchev–Trinajstić information content (AvgIpc) is 3.22. The number of carbonyl (C=O) groups is 1. The third-order valence-corrected chi connectivity index (χ3v) is 5.22. The molecule has 1 amide bonds. The largest absolute Gasteiger partial charge is 0.433 e. The van der Waals surface area contributed by atoms with E-state index in [1.807, 2.05) is 18.2 Å². The van der Waals surface area contributed by atoms with Crippen LogP contribution in [0.25, 0.3) is 10.2 Å². The van der Waals surface area contributed by atoms with Crippen molar-refractivity contribution in [2.75, 3.05) is 5.32 Å². The fourth-order valence-corrected chi connectivity index (χ4v) is 3.85. The van der Waals surface area contributed by atoms with Crippen LogP contribution in [0.2, 0.25) is 0 Å². The van der Waals surface area contributed by atoms with Crippen molar-refractivity contribution >= 4 is 32.6 Å². The van der Waals surface area contributed by atoms with Gasteiger partial charge in [-0.25, -0.2) is 4.98 Å². The molecule has 0 saturated heterocycles. The van der Waals surface area contributed by atoms with Gasteiger partial charge in [-0.3, -0.25) is 14.8 Å². The third-order valence-electron chi connectivity index (χ3n) is 4.29. The Balaban J connectivity index is 1.87. The van der Waals surface area contributed by atoms with Crippen molar-refractivity contribution in [2.45, 2.75) is 52.3 Å². The summed E-state index contributed by atoms with van der Waals surface area (Å²) in [5.41, 5.74) is 0.315. The summed E-state index contributed by atoms with van der Waals surface area (Å²) in [5, 5.41) is 6.50. The monoisotopic (exact) mass is 410 g/mol. The van der Waals surface area contributed by atoms with Crippen LogP contribution < -0.4 is 5.32 Å². The number of thiazole rings is 1. The maximum absolute atomic E-state index is 13.5. The Morgan fingerprint density at radius 1 is 1.32 bits per heavy atom. The van der Waals surface area contributed by atoms with Crippen LogP contribution in [0.4, 0.5) is 18.3 Å². The van der Waals surface area contributed by atoms with Crippen LogP contribution in [0.15, 0.2) is 24.4 Å². The second-order valence-corrected chi connectivity index (χ2v) is 7.85. The summed E-state index contributed by atoms with van der Waals surface area (Å²) in [6.45, 7) is 5.27. The number of aryl methyl sites for hydroxylation is 1. The number of nitrogens with zero attached hydrogens (tertiary/aromatic N) is 3. The van der Waals surface area contributed by atoms with Gasteiger partial charge in [-0.1, -0.05) is 30.7 Å². The zero-order valence-electron chi connectivity index (χ0n) is 15.8. The highest BCUT2D eigenvalue weighted by atomic mass is 32.1. The Morgan fingerprint density at radius 3 is 2.71 bits per heavy atom. The first-order valence-corrected chi connectivity index (χ1v) is 9.88. The number of alkyl halides is 3. The molecule has 0 fully saturated rings.